The monoisotopic (exact) mass is 612 g/mol. The number of rotatable bonds is 10. The Morgan fingerprint density at radius 2 is 2.00 bits per heavy atom. The van der Waals surface area contributed by atoms with E-state index in [9.17, 15) is 14.0 Å². The van der Waals surface area contributed by atoms with E-state index >= 15 is 0 Å². The third-order valence-electron chi connectivity index (χ3n) is 9.14. The first-order valence-electron chi connectivity index (χ1n) is 14.9. The molecule has 8 nitrogen and oxygen atoms in total. The zero-order valence-corrected chi connectivity index (χ0v) is 25.7. The molecule has 11 heteroatoms. The second-order valence-corrected chi connectivity index (χ2v) is 13.7. The zero-order chi connectivity index (χ0) is 29.2. The van der Waals surface area contributed by atoms with E-state index in [1.807, 2.05) is 0 Å². The van der Waals surface area contributed by atoms with Crippen molar-refractivity contribution < 1.29 is 23.5 Å². The Kier molecular flexibility index (Phi) is 8.85. The maximum Gasteiger partial charge on any atom is 0.341 e. The minimum absolute atomic E-state index is 0.0785. The van der Waals surface area contributed by atoms with Gasteiger partial charge in [-0.3, -0.25) is 9.36 Å². The van der Waals surface area contributed by atoms with Crippen LogP contribution in [-0.2, 0) is 29.0 Å². The number of amides is 1. The molecule has 0 saturated heterocycles. The smallest absolute Gasteiger partial charge is 0.341 e. The predicted molar refractivity (Wildman–Crippen MR) is 161 cm³/mol. The summed E-state index contributed by atoms with van der Waals surface area (Å²) in [7, 11) is 1.38. The number of ether oxygens (including phenoxy) is 2. The standard InChI is InChI=1S/C31H37FN4O4S2/c1-18(22-15-19-12-13-20(22)14-19)36-26(16-40-24-10-7-6-9-23(24)32)34-35-31(36)41-17-27(37)33-29-28(30(38)39-2)21-8-4-3-5-11-25(21)42-29/h6-7,9-10,18-20,22H,3-5,8,11-17H2,1-2H3,(H,33,37)/t18-,19-,20-,22-/m0/s1. The highest BCUT2D eigenvalue weighted by Crippen LogP contribution is 2.52. The third kappa shape index (κ3) is 5.95. The number of aromatic nitrogens is 3. The molecular weight excluding hydrogens is 575 g/mol. The van der Waals surface area contributed by atoms with E-state index < -0.39 is 11.8 Å². The number of carbonyl (C=O) groups is 2. The lowest BCUT2D eigenvalue weighted by Gasteiger charge is -2.30. The number of aryl methyl sites for hydroxylation is 1. The number of anilines is 1. The molecule has 2 fully saturated rings. The van der Waals surface area contributed by atoms with E-state index in [2.05, 4.69) is 27.0 Å². The number of thiophene rings is 1. The van der Waals surface area contributed by atoms with Gasteiger partial charge < -0.3 is 14.8 Å². The van der Waals surface area contributed by atoms with Crippen molar-refractivity contribution in [3.63, 3.8) is 0 Å². The highest BCUT2D eigenvalue weighted by Gasteiger charge is 2.43. The van der Waals surface area contributed by atoms with Gasteiger partial charge in [-0.05, 0) is 87.3 Å². The maximum absolute atomic E-state index is 14.2. The number of hydrogen-bond donors (Lipinski definition) is 1. The first-order chi connectivity index (χ1) is 20.4. The molecule has 0 spiro atoms. The van der Waals surface area contributed by atoms with Crippen LogP contribution in [-0.4, -0.2) is 39.5 Å². The highest BCUT2D eigenvalue weighted by atomic mass is 32.2. The number of nitrogens with zero attached hydrogens (tertiary/aromatic N) is 3. The van der Waals surface area contributed by atoms with Gasteiger partial charge in [-0.25, -0.2) is 9.18 Å². The van der Waals surface area contributed by atoms with Crippen LogP contribution in [0, 0.1) is 23.6 Å². The van der Waals surface area contributed by atoms with Crippen LogP contribution in [0.2, 0.25) is 0 Å². The Hall–Kier alpha value is -2.92. The average molecular weight is 613 g/mol. The summed E-state index contributed by atoms with van der Waals surface area (Å²) in [6, 6.07) is 6.46. The summed E-state index contributed by atoms with van der Waals surface area (Å²) >= 11 is 2.81. The van der Waals surface area contributed by atoms with Crippen molar-refractivity contribution in [2.75, 3.05) is 18.2 Å². The molecular formula is C31H37FN4O4S2. The minimum atomic E-state index is -0.423. The summed E-state index contributed by atoms with van der Waals surface area (Å²) < 4.78 is 27.2. The Morgan fingerprint density at radius 3 is 2.76 bits per heavy atom. The van der Waals surface area contributed by atoms with E-state index in [-0.39, 0.29) is 30.1 Å². The molecule has 0 unspecified atom stereocenters. The first-order valence-corrected chi connectivity index (χ1v) is 16.7. The van der Waals surface area contributed by atoms with Crippen molar-refractivity contribution in [1.29, 1.82) is 0 Å². The van der Waals surface area contributed by atoms with Crippen molar-refractivity contribution >= 4 is 40.0 Å². The number of esters is 1. The molecule has 0 radical (unpaired) electrons. The van der Waals surface area contributed by atoms with Crippen LogP contribution in [0.5, 0.6) is 5.75 Å². The van der Waals surface area contributed by atoms with E-state index in [0.29, 0.717) is 33.4 Å². The van der Waals surface area contributed by atoms with E-state index in [1.54, 1.807) is 18.2 Å². The topological polar surface area (TPSA) is 95.3 Å². The molecule has 1 amide bonds. The average Bonchev–Trinajstić information content (AvgIpc) is 3.76. The van der Waals surface area contributed by atoms with Gasteiger partial charge in [-0.2, -0.15) is 0 Å². The Morgan fingerprint density at radius 1 is 1.17 bits per heavy atom. The minimum Gasteiger partial charge on any atom is -0.483 e. The number of carbonyl (C=O) groups excluding carboxylic acids is 2. The predicted octanol–water partition coefficient (Wildman–Crippen LogP) is 6.84. The van der Waals surface area contributed by atoms with Gasteiger partial charge in [-0.15, -0.1) is 21.5 Å². The number of halogens is 1. The second kappa shape index (κ2) is 12.8. The van der Waals surface area contributed by atoms with Crippen LogP contribution in [0.1, 0.15) is 84.5 Å². The molecule has 42 heavy (non-hydrogen) atoms. The van der Waals surface area contributed by atoms with Crippen LogP contribution in [0.3, 0.4) is 0 Å². The maximum atomic E-state index is 14.2. The second-order valence-electron chi connectivity index (χ2n) is 11.7. The van der Waals surface area contributed by atoms with Gasteiger partial charge in [0, 0.05) is 10.9 Å². The van der Waals surface area contributed by atoms with E-state index in [0.717, 1.165) is 48.5 Å². The molecule has 1 N–H and O–H groups in total. The third-order valence-corrected chi connectivity index (χ3v) is 11.3. The number of nitrogens with one attached hydrogen (secondary N) is 1. The summed E-state index contributed by atoms with van der Waals surface area (Å²) in [6.45, 7) is 2.28. The quantitative estimate of drug-likeness (QED) is 0.152. The number of para-hydroxylation sites is 1. The fourth-order valence-corrected chi connectivity index (χ4v) is 9.27. The van der Waals surface area contributed by atoms with Crippen molar-refractivity contribution in [2.45, 2.75) is 82.5 Å². The molecule has 3 aliphatic rings. The van der Waals surface area contributed by atoms with Crippen LogP contribution in [0.15, 0.2) is 29.4 Å². The summed E-state index contributed by atoms with van der Waals surface area (Å²) in [5.74, 6) is 1.82. The van der Waals surface area contributed by atoms with E-state index in [1.165, 1.54) is 62.0 Å². The summed E-state index contributed by atoms with van der Waals surface area (Å²) in [4.78, 5) is 27.1. The molecule has 3 aliphatic carbocycles. The van der Waals surface area contributed by atoms with Crippen LogP contribution in [0.25, 0.3) is 0 Å². The molecule has 4 atom stereocenters. The highest BCUT2D eigenvalue weighted by molar-refractivity contribution is 7.99. The van der Waals surface area contributed by atoms with Crippen molar-refractivity contribution in [1.82, 2.24) is 14.8 Å². The molecule has 2 saturated carbocycles. The van der Waals surface area contributed by atoms with Gasteiger partial charge in [0.25, 0.3) is 0 Å². The zero-order valence-electron chi connectivity index (χ0n) is 24.1. The molecule has 2 heterocycles. The van der Waals surface area contributed by atoms with Crippen molar-refractivity contribution in [2.24, 2.45) is 17.8 Å². The number of thioether (sulfide) groups is 1. The summed E-state index contributed by atoms with van der Waals surface area (Å²) in [6.07, 6.45) is 9.99. The molecule has 224 valence electrons. The Labute approximate surface area is 253 Å². The normalized spacial score (nSPS) is 21.9. The van der Waals surface area contributed by atoms with Crippen molar-refractivity contribution in [3.05, 3.63) is 51.9 Å². The van der Waals surface area contributed by atoms with Crippen molar-refractivity contribution in [3.8, 4) is 5.75 Å². The van der Waals surface area contributed by atoms with Gasteiger partial charge in [0.05, 0.1) is 18.4 Å². The summed E-state index contributed by atoms with van der Waals surface area (Å²) in [5.41, 5.74) is 1.52. The Bertz CT molecular complexity index is 1460. The lowest BCUT2D eigenvalue weighted by Crippen LogP contribution is -2.25. The van der Waals surface area contributed by atoms with Gasteiger partial charge >= 0.3 is 5.97 Å². The first kappa shape index (κ1) is 29.2. The van der Waals surface area contributed by atoms with Gasteiger partial charge in [0.2, 0.25) is 5.91 Å². The molecule has 1 aromatic carbocycles. The molecule has 2 bridgehead atoms. The largest absolute Gasteiger partial charge is 0.483 e. The number of benzene rings is 1. The van der Waals surface area contributed by atoms with Crippen LogP contribution in [0.4, 0.5) is 9.39 Å². The molecule has 6 rings (SSSR count). The summed E-state index contributed by atoms with van der Waals surface area (Å²) in [5, 5.41) is 13.1. The lowest BCUT2D eigenvalue weighted by atomic mass is 9.84. The van der Waals surface area contributed by atoms with Gasteiger partial charge in [0.1, 0.15) is 11.6 Å². The van der Waals surface area contributed by atoms with E-state index in [4.69, 9.17) is 9.47 Å². The number of hydrogen-bond acceptors (Lipinski definition) is 8. The molecule has 2 aromatic heterocycles. The van der Waals surface area contributed by atoms with Gasteiger partial charge in [-0.1, -0.05) is 36.7 Å². The molecule has 0 aliphatic heterocycles. The number of methoxy groups -OCH3 is 1. The van der Waals surface area contributed by atoms with Gasteiger partial charge in [0.15, 0.2) is 22.5 Å². The van der Waals surface area contributed by atoms with Crippen LogP contribution < -0.4 is 10.1 Å². The number of fused-ring (bicyclic) bond motifs is 3. The lowest BCUT2D eigenvalue weighted by molar-refractivity contribution is -0.113. The fourth-order valence-electron chi connectivity index (χ4n) is 7.14. The van der Waals surface area contributed by atoms with Crippen LogP contribution >= 0.6 is 23.1 Å². The SMILES string of the molecule is COC(=O)c1c(NC(=O)CSc2nnc(COc3ccccc3F)n2[C@@H](C)[C@@H]2C[C@H]3CC[C@H]2C3)sc2c1CCCCC2. The fraction of sp³-hybridized carbons (Fsp3) is 0.548. The molecule has 3 aromatic rings. The Balaban J connectivity index is 1.19.